The zero-order chi connectivity index (χ0) is 42.1. The molecular formula is C53H72BN2O. The molecule has 1 saturated carbocycles. The number of fused-ring (bicyclic) bond motifs is 4. The van der Waals surface area contributed by atoms with Gasteiger partial charge in [0.15, 0.2) is 0 Å². The predicted octanol–water partition coefficient (Wildman–Crippen LogP) is 14.1. The summed E-state index contributed by atoms with van der Waals surface area (Å²) in [5.41, 5.74) is 10.3. The van der Waals surface area contributed by atoms with Gasteiger partial charge < -0.3 is 14.2 Å². The summed E-state index contributed by atoms with van der Waals surface area (Å²) >= 11 is 0. The molecule has 1 aliphatic heterocycles. The maximum atomic E-state index is 7.04. The van der Waals surface area contributed by atoms with Crippen LogP contribution in [0.4, 0.5) is 5.69 Å². The number of nitrogens with zero attached hydrogens (tertiary/aromatic N) is 2. The summed E-state index contributed by atoms with van der Waals surface area (Å²) in [5, 5.41) is 1.12. The lowest BCUT2D eigenvalue weighted by Crippen LogP contribution is -2.42. The Balaban J connectivity index is 1.81. The van der Waals surface area contributed by atoms with E-state index in [1.807, 2.05) is 12.2 Å². The van der Waals surface area contributed by atoms with Gasteiger partial charge in [-0.15, -0.1) is 6.58 Å². The molecule has 5 rings (SSSR count). The second-order valence-electron chi connectivity index (χ2n) is 20.6. The molecule has 0 bridgehead atoms. The molecule has 2 unspecified atom stereocenters. The fourth-order valence-corrected chi connectivity index (χ4v) is 9.30. The SMILES string of the molecule is C=C/C=C\C1=C\[B]c2oc3cc4c(cc3c2N(/C=C/C2C(C=C)C(C)(C)CCC2(C)C)C(=C/C(=C)C)/C=C/N1C/C=C\C(=C/C)C(C)(C)C)C(C)(C)CCC4(C)C. The molecule has 303 valence electrons. The van der Waals surface area contributed by atoms with Crippen molar-refractivity contribution in [3.8, 4) is 0 Å². The highest BCUT2D eigenvalue weighted by atomic mass is 16.3. The molecule has 2 aromatic rings. The molecule has 0 amide bonds. The van der Waals surface area contributed by atoms with Gasteiger partial charge in [0.05, 0.1) is 11.3 Å². The van der Waals surface area contributed by atoms with Crippen molar-refractivity contribution in [2.24, 2.45) is 28.1 Å². The lowest BCUT2D eigenvalue weighted by atomic mass is 9.54. The lowest BCUT2D eigenvalue weighted by Gasteiger charge is -2.50. The average molecular weight is 764 g/mol. The quantitative estimate of drug-likeness (QED) is 0.144. The minimum Gasteiger partial charge on any atom is -0.469 e. The van der Waals surface area contributed by atoms with Gasteiger partial charge in [-0.2, -0.15) is 0 Å². The average Bonchev–Trinajstić information content (AvgIpc) is 3.47. The smallest absolute Gasteiger partial charge is 0.236 e. The minimum atomic E-state index is 0.0467. The van der Waals surface area contributed by atoms with Crippen LogP contribution in [0.25, 0.3) is 11.0 Å². The molecule has 1 aromatic carbocycles. The molecule has 2 aliphatic carbocycles. The van der Waals surface area contributed by atoms with Gasteiger partial charge in [-0.3, -0.25) is 0 Å². The Morgan fingerprint density at radius 2 is 1.56 bits per heavy atom. The topological polar surface area (TPSA) is 19.6 Å². The third-order valence-corrected chi connectivity index (χ3v) is 13.2. The highest BCUT2D eigenvalue weighted by Gasteiger charge is 2.45. The van der Waals surface area contributed by atoms with E-state index in [0.29, 0.717) is 18.4 Å². The van der Waals surface area contributed by atoms with E-state index in [1.165, 1.54) is 23.1 Å². The van der Waals surface area contributed by atoms with E-state index >= 15 is 0 Å². The Morgan fingerprint density at radius 3 is 2.14 bits per heavy atom. The van der Waals surface area contributed by atoms with Crippen molar-refractivity contribution in [3.05, 3.63) is 145 Å². The fraction of sp³-hybridized carbons (Fsp3) is 0.472. The van der Waals surface area contributed by atoms with E-state index in [9.17, 15) is 0 Å². The van der Waals surface area contributed by atoms with E-state index in [2.05, 4.69) is 206 Å². The molecule has 1 fully saturated rings. The predicted molar refractivity (Wildman–Crippen MR) is 251 cm³/mol. The van der Waals surface area contributed by atoms with E-state index in [-0.39, 0.29) is 27.1 Å². The van der Waals surface area contributed by atoms with Crippen LogP contribution in [0.3, 0.4) is 0 Å². The first-order valence-corrected chi connectivity index (χ1v) is 21.3. The van der Waals surface area contributed by atoms with Crippen LogP contribution in [-0.4, -0.2) is 18.7 Å². The molecule has 2 heterocycles. The normalized spacial score (nSPS) is 25.6. The monoisotopic (exact) mass is 764 g/mol. The fourth-order valence-electron chi connectivity index (χ4n) is 9.30. The van der Waals surface area contributed by atoms with Crippen LogP contribution in [0.15, 0.2) is 138 Å². The summed E-state index contributed by atoms with van der Waals surface area (Å²) in [5.74, 6) is 2.82. The highest BCUT2D eigenvalue weighted by molar-refractivity contribution is 6.60. The van der Waals surface area contributed by atoms with Crippen molar-refractivity contribution in [3.63, 3.8) is 0 Å². The van der Waals surface area contributed by atoms with Crippen LogP contribution in [0.5, 0.6) is 0 Å². The molecule has 0 saturated heterocycles. The highest BCUT2D eigenvalue weighted by Crippen LogP contribution is 2.54. The second kappa shape index (κ2) is 16.6. The van der Waals surface area contributed by atoms with Crippen molar-refractivity contribution in [1.29, 1.82) is 0 Å². The van der Waals surface area contributed by atoms with Crippen LogP contribution >= 0.6 is 0 Å². The summed E-state index contributed by atoms with van der Waals surface area (Å²) in [6.45, 7) is 43.7. The van der Waals surface area contributed by atoms with Gasteiger partial charge in [-0.05, 0) is 126 Å². The summed E-state index contributed by atoms with van der Waals surface area (Å²) in [6, 6.07) is 4.80. The Morgan fingerprint density at radius 1 is 0.930 bits per heavy atom. The molecule has 1 aromatic heterocycles. The first-order valence-electron chi connectivity index (χ1n) is 21.3. The summed E-state index contributed by atoms with van der Waals surface area (Å²) < 4.78 is 7.04. The van der Waals surface area contributed by atoms with Gasteiger partial charge in [0.2, 0.25) is 7.28 Å². The molecule has 3 nitrogen and oxygen atoms in total. The van der Waals surface area contributed by atoms with Gasteiger partial charge in [-0.25, -0.2) is 0 Å². The molecule has 57 heavy (non-hydrogen) atoms. The van der Waals surface area contributed by atoms with Gasteiger partial charge in [-0.1, -0.05) is 143 Å². The third kappa shape index (κ3) is 9.43. The van der Waals surface area contributed by atoms with Gasteiger partial charge in [0.25, 0.3) is 0 Å². The Kier molecular flexibility index (Phi) is 12.8. The van der Waals surface area contributed by atoms with Crippen molar-refractivity contribution in [2.75, 3.05) is 11.4 Å². The van der Waals surface area contributed by atoms with Gasteiger partial charge in [0, 0.05) is 35.7 Å². The van der Waals surface area contributed by atoms with Crippen LogP contribution in [0.1, 0.15) is 127 Å². The first-order chi connectivity index (χ1) is 26.6. The van der Waals surface area contributed by atoms with Crippen LogP contribution in [-0.2, 0) is 10.8 Å². The number of hydrogen-bond donors (Lipinski definition) is 0. The minimum absolute atomic E-state index is 0.0467. The van der Waals surface area contributed by atoms with Gasteiger partial charge >= 0.3 is 0 Å². The van der Waals surface area contributed by atoms with Crippen LogP contribution < -0.4 is 10.6 Å². The van der Waals surface area contributed by atoms with Crippen molar-refractivity contribution < 1.29 is 4.42 Å². The second-order valence-corrected chi connectivity index (χ2v) is 20.6. The van der Waals surface area contributed by atoms with Crippen molar-refractivity contribution in [1.82, 2.24) is 4.90 Å². The maximum Gasteiger partial charge on any atom is 0.236 e. The van der Waals surface area contributed by atoms with Crippen molar-refractivity contribution in [2.45, 2.75) is 127 Å². The maximum absolute atomic E-state index is 7.04. The number of allylic oxidation sites excluding steroid dienone is 11. The summed E-state index contributed by atoms with van der Waals surface area (Å²) in [4.78, 5) is 4.66. The number of anilines is 1. The van der Waals surface area contributed by atoms with E-state index < -0.39 is 0 Å². The number of furan rings is 1. The van der Waals surface area contributed by atoms with E-state index in [4.69, 9.17) is 4.42 Å². The summed E-state index contributed by atoms with van der Waals surface area (Å²) in [6.07, 6.45) is 31.0. The number of hydrogen-bond acceptors (Lipinski definition) is 3. The van der Waals surface area contributed by atoms with Crippen molar-refractivity contribution >= 4 is 29.6 Å². The van der Waals surface area contributed by atoms with Crippen LogP contribution in [0, 0.1) is 28.1 Å². The zero-order valence-corrected chi connectivity index (χ0v) is 37.9. The Bertz CT molecular complexity index is 2070. The molecule has 3 aliphatic rings. The summed E-state index contributed by atoms with van der Waals surface area (Å²) in [7, 11) is 2.16. The molecule has 0 N–H and O–H groups in total. The molecular weight excluding hydrogens is 691 g/mol. The number of benzene rings is 1. The molecule has 4 heteroatoms. The Labute approximate surface area is 348 Å². The lowest BCUT2D eigenvalue weighted by molar-refractivity contribution is 0.0346. The largest absolute Gasteiger partial charge is 0.469 e. The standard InChI is InChI=1S/C53H72BN2O/c1-17-20-23-40-36-54-48-47(41-34-44-45(35-46(41)57-48)53(15,16)29-28-52(44,13)14)56(32-25-43-42(19-3)50(9,10)26-27-51(43,11)12)39(33-37(4)5)24-31-55(40)30-21-22-38(18-2)49(6,7)8/h17-25,31-36,42-43H,1,3-4,26-30H2,2,5-16H3/b22-21-,23-20-,31-24+,32-25+,38-18+,39-33+,40-36-. The van der Waals surface area contributed by atoms with E-state index in [0.717, 1.165) is 58.5 Å². The molecule has 1 radical (unpaired) electrons. The number of rotatable bonds is 9. The Hall–Kier alpha value is -4.18. The molecule has 2 atom stereocenters. The van der Waals surface area contributed by atoms with Gasteiger partial charge in [0.1, 0.15) is 5.58 Å². The van der Waals surface area contributed by atoms with E-state index in [1.54, 1.807) is 0 Å². The van der Waals surface area contributed by atoms with Crippen LogP contribution in [0.2, 0.25) is 0 Å². The first kappa shape index (κ1) is 43.9. The molecule has 0 spiro atoms. The zero-order valence-electron chi connectivity index (χ0n) is 37.9. The third-order valence-electron chi connectivity index (χ3n) is 13.2.